The maximum Gasteiger partial charge on any atom is 0.267 e. The van der Waals surface area contributed by atoms with Crippen LogP contribution in [0.15, 0.2) is 46.7 Å². The van der Waals surface area contributed by atoms with E-state index >= 15 is 0 Å². The number of aryl methyl sites for hydroxylation is 2. The van der Waals surface area contributed by atoms with Crippen LogP contribution in [0.1, 0.15) is 11.1 Å². The third-order valence-corrected chi connectivity index (χ3v) is 4.19. The Bertz CT molecular complexity index is 932. The largest absolute Gasteiger partial charge is 0.300 e. The quantitative estimate of drug-likeness (QED) is 0.792. The van der Waals surface area contributed by atoms with Crippen molar-refractivity contribution in [1.82, 2.24) is 14.8 Å². The number of carbonyl (C=O) groups is 1. The average molecular weight is 340 g/mol. The molecule has 2 heterocycles. The Morgan fingerprint density at radius 2 is 2.08 bits per heavy atom. The molecular weight excluding hydrogens is 324 g/mol. The minimum atomic E-state index is -0.336. The molecule has 0 aliphatic rings. The standard InChI is InChI=1S/C17H16N4O2S/c1-11-3-4-13(12(2)9-11)14-5-6-16(23)21(20-14)10-15(22)19-17-18-7-8-24-17/h3-9H,10H2,1-2H3,(H,18,19,22). The number of aromatic nitrogens is 3. The number of amides is 1. The lowest BCUT2D eigenvalue weighted by atomic mass is 10.0. The van der Waals surface area contributed by atoms with E-state index in [1.165, 1.54) is 17.4 Å². The van der Waals surface area contributed by atoms with Gasteiger partial charge in [-0.15, -0.1) is 11.3 Å². The fourth-order valence-electron chi connectivity index (χ4n) is 2.39. The van der Waals surface area contributed by atoms with Crippen LogP contribution in [0.25, 0.3) is 11.3 Å². The molecule has 0 atom stereocenters. The molecule has 1 N–H and O–H groups in total. The predicted molar refractivity (Wildman–Crippen MR) is 94.2 cm³/mol. The molecule has 0 unspecified atom stereocenters. The van der Waals surface area contributed by atoms with E-state index in [1.807, 2.05) is 26.0 Å². The van der Waals surface area contributed by atoms with Crippen molar-refractivity contribution in [2.75, 3.05) is 5.32 Å². The van der Waals surface area contributed by atoms with Crippen molar-refractivity contribution in [3.05, 3.63) is 63.4 Å². The number of carbonyl (C=O) groups excluding carboxylic acids is 1. The lowest BCUT2D eigenvalue weighted by Crippen LogP contribution is -2.29. The number of hydrogen-bond donors (Lipinski definition) is 1. The molecule has 0 saturated carbocycles. The van der Waals surface area contributed by atoms with Crippen LogP contribution in [0.3, 0.4) is 0 Å². The Morgan fingerprint density at radius 3 is 2.79 bits per heavy atom. The van der Waals surface area contributed by atoms with E-state index in [2.05, 4.69) is 21.5 Å². The summed E-state index contributed by atoms with van der Waals surface area (Å²) in [6.45, 7) is 3.86. The molecule has 7 heteroatoms. The van der Waals surface area contributed by atoms with Crippen molar-refractivity contribution in [2.45, 2.75) is 20.4 Å². The fourth-order valence-corrected chi connectivity index (χ4v) is 2.93. The zero-order chi connectivity index (χ0) is 17.1. The Balaban J connectivity index is 1.86. The Hall–Kier alpha value is -2.80. The molecular formula is C17H16N4O2S. The normalized spacial score (nSPS) is 10.6. The summed E-state index contributed by atoms with van der Waals surface area (Å²) in [4.78, 5) is 28.0. The summed E-state index contributed by atoms with van der Waals surface area (Å²) in [6.07, 6.45) is 1.60. The third kappa shape index (κ3) is 3.57. The van der Waals surface area contributed by atoms with E-state index in [0.29, 0.717) is 10.8 Å². The first-order chi connectivity index (χ1) is 11.5. The molecule has 0 aliphatic carbocycles. The van der Waals surface area contributed by atoms with Gasteiger partial charge in [-0.3, -0.25) is 9.59 Å². The van der Waals surface area contributed by atoms with E-state index in [9.17, 15) is 9.59 Å². The fraction of sp³-hybridized carbons (Fsp3) is 0.176. The zero-order valence-electron chi connectivity index (χ0n) is 13.3. The highest BCUT2D eigenvalue weighted by Gasteiger charge is 2.10. The van der Waals surface area contributed by atoms with E-state index in [1.54, 1.807) is 17.6 Å². The van der Waals surface area contributed by atoms with Crippen molar-refractivity contribution >= 4 is 22.4 Å². The van der Waals surface area contributed by atoms with Crippen LogP contribution in [-0.4, -0.2) is 20.7 Å². The van der Waals surface area contributed by atoms with Crippen LogP contribution in [0.4, 0.5) is 5.13 Å². The van der Waals surface area contributed by atoms with Crippen LogP contribution in [0.2, 0.25) is 0 Å². The number of thiazole rings is 1. The topological polar surface area (TPSA) is 76.9 Å². The number of rotatable bonds is 4. The summed E-state index contributed by atoms with van der Waals surface area (Å²) < 4.78 is 1.16. The van der Waals surface area contributed by atoms with Crippen LogP contribution >= 0.6 is 11.3 Å². The number of nitrogens with one attached hydrogen (secondary N) is 1. The molecule has 1 amide bonds. The van der Waals surface area contributed by atoms with Gasteiger partial charge in [0.15, 0.2) is 5.13 Å². The Labute approximate surface area is 142 Å². The second kappa shape index (κ2) is 6.76. The second-order valence-corrected chi connectivity index (χ2v) is 6.31. The number of anilines is 1. The van der Waals surface area contributed by atoms with Gasteiger partial charge in [-0.05, 0) is 25.5 Å². The van der Waals surface area contributed by atoms with Gasteiger partial charge in [0.25, 0.3) is 5.56 Å². The van der Waals surface area contributed by atoms with Crippen molar-refractivity contribution in [1.29, 1.82) is 0 Å². The molecule has 0 bridgehead atoms. The summed E-state index contributed by atoms with van der Waals surface area (Å²) in [5.41, 5.74) is 3.51. The van der Waals surface area contributed by atoms with Gasteiger partial charge in [0.05, 0.1) is 5.69 Å². The maximum atomic E-state index is 12.0. The minimum Gasteiger partial charge on any atom is -0.300 e. The van der Waals surface area contributed by atoms with Crippen LogP contribution in [-0.2, 0) is 11.3 Å². The Morgan fingerprint density at radius 1 is 1.25 bits per heavy atom. The van der Waals surface area contributed by atoms with Gasteiger partial charge < -0.3 is 5.32 Å². The lowest BCUT2D eigenvalue weighted by Gasteiger charge is -2.09. The minimum absolute atomic E-state index is 0.156. The maximum absolute atomic E-state index is 12.0. The highest BCUT2D eigenvalue weighted by Crippen LogP contribution is 2.21. The smallest absolute Gasteiger partial charge is 0.267 e. The van der Waals surface area contributed by atoms with Crippen molar-refractivity contribution in [3.8, 4) is 11.3 Å². The van der Waals surface area contributed by atoms with E-state index in [-0.39, 0.29) is 18.0 Å². The molecule has 0 fully saturated rings. The molecule has 24 heavy (non-hydrogen) atoms. The summed E-state index contributed by atoms with van der Waals surface area (Å²) in [7, 11) is 0. The number of nitrogens with zero attached hydrogens (tertiary/aromatic N) is 3. The Kier molecular flexibility index (Phi) is 4.52. The van der Waals surface area contributed by atoms with Gasteiger partial charge in [0.2, 0.25) is 5.91 Å². The first kappa shape index (κ1) is 16.1. The molecule has 0 radical (unpaired) electrons. The number of hydrogen-bond acceptors (Lipinski definition) is 5. The van der Waals surface area contributed by atoms with Crippen LogP contribution in [0, 0.1) is 13.8 Å². The van der Waals surface area contributed by atoms with E-state index < -0.39 is 0 Å². The van der Waals surface area contributed by atoms with Gasteiger partial charge in [0.1, 0.15) is 6.54 Å². The molecule has 3 aromatic rings. The third-order valence-electron chi connectivity index (χ3n) is 3.50. The highest BCUT2D eigenvalue weighted by atomic mass is 32.1. The van der Waals surface area contributed by atoms with Gasteiger partial charge in [0, 0.05) is 23.2 Å². The molecule has 6 nitrogen and oxygen atoms in total. The SMILES string of the molecule is Cc1ccc(-c2ccc(=O)n(CC(=O)Nc3nccs3)n2)c(C)c1. The monoisotopic (exact) mass is 340 g/mol. The van der Waals surface area contributed by atoms with Crippen LogP contribution < -0.4 is 10.9 Å². The zero-order valence-corrected chi connectivity index (χ0v) is 14.1. The van der Waals surface area contributed by atoms with Gasteiger partial charge in [-0.1, -0.05) is 23.8 Å². The summed E-state index contributed by atoms with van der Waals surface area (Å²) >= 11 is 1.32. The first-order valence-electron chi connectivity index (χ1n) is 7.38. The molecule has 0 aliphatic heterocycles. The lowest BCUT2D eigenvalue weighted by molar-refractivity contribution is -0.117. The van der Waals surface area contributed by atoms with Crippen LogP contribution in [0.5, 0.6) is 0 Å². The van der Waals surface area contributed by atoms with E-state index in [4.69, 9.17) is 0 Å². The average Bonchev–Trinajstić information content (AvgIpc) is 3.02. The summed E-state index contributed by atoms with van der Waals surface area (Å²) in [5.74, 6) is -0.336. The highest BCUT2D eigenvalue weighted by molar-refractivity contribution is 7.13. The van der Waals surface area contributed by atoms with Crippen molar-refractivity contribution in [2.24, 2.45) is 0 Å². The molecule has 122 valence electrons. The number of benzene rings is 1. The molecule has 0 spiro atoms. The molecule has 1 aromatic carbocycles. The molecule has 2 aromatic heterocycles. The first-order valence-corrected chi connectivity index (χ1v) is 8.26. The summed E-state index contributed by atoms with van der Waals surface area (Å²) in [5, 5.41) is 9.24. The summed E-state index contributed by atoms with van der Waals surface area (Å²) in [6, 6.07) is 9.13. The van der Waals surface area contributed by atoms with Gasteiger partial charge in [-0.25, -0.2) is 9.67 Å². The van der Waals surface area contributed by atoms with E-state index in [0.717, 1.165) is 21.4 Å². The van der Waals surface area contributed by atoms with Gasteiger partial charge in [-0.2, -0.15) is 5.10 Å². The molecule has 3 rings (SSSR count). The van der Waals surface area contributed by atoms with Crippen molar-refractivity contribution < 1.29 is 4.79 Å². The van der Waals surface area contributed by atoms with Crippen molar-refractivity contribution in [3.63, 3.8) is 0 Å². The molecule has 0 saturated heterocycles. The predicted octanol–water partition coefficient (Wildman–Crippen LogP) is 2.62. The van der Waals surface area contributed by atoms with Gasteiger partial charge >= 0.3 is 0 Å². The second-order valence-electron chi connectivity index (χ2n) is 5.42.